The SMILES string of the molecule is Cc1nn(Cc2ccc(F)cc2)c(C)c1NC(=O)c1c(C(=O)O)cnn1C. The number of hydrogen-bond donors (Lipinski definition) is 2. The maximum absolute atomic E-state index is 13.1. The highest BCUT2D eigenvalue weighted by Crippen LogP contribution is 2.22. The molecule has 3 aromatic rings. The van der Waals surface area contributed by atoms with Crippen LogP contribution in [-0.2, 0) is 13.6 Å². The number of amides is 1. The average molecular weight is 371 g/mol. The van der Waals surface area contributed by atoms with Crippen molar-refractivity contribution in [2.24, 2.45) is 7.05 Å². The fraction of sp³-hybridized carbons (Fsp3) is 0.222. The molecule has 27 heavy (non-hydrogen) atoms. The van der Waals surface area contributed by atoms with Gasteiger partial charge in [-0.2, -0.15) is 10.2 Å². The van der Waals surface area contributed by atoms with Crippen molar-refractivity contribution in [3.8, 4) is 0 Å². The van der Waals surface area contributed by atoms with Crippen molar-refractivity contribution in [1.82, 2.24) is 19.6 Å². The molecule has 0 aliphatic carbocycles. The van der Waals surface area contributed by atoms with Gasteiger partial charge in [0.2, 0.25) is 0 Å². The maximum atomic E-state index is 13.1. The van der Waals surface area contributed by atoms with E-state index in [1.807, 2.05) is 0 Å². The summed E-state index contributed by atoms with van der Waals surface area (Å²) in [5.74, 6) is -2.13. The lowest BCUT2D eigenvalue weighted by atomic mass is 10.2. The summed E-state index contributed by atoms with van der Waals surface area (Å²) in [6.45, 7) is 3.94. The van der Waals surface area contributed by atoms with Crippen LogP contribution in [0.2, 0.25) is 0 Å². The van der Waals surface area contributed by atoms with Crippen LogP contribution in [0.4, 0.5) is 10.1 Å². The van der Waals surface area contributed by atoms with Gasteiger partial charge in [0.1, 0.15) is 17.1 Å². The Morgan fingerprint density at radius 1 is 1.22 bits per heavy atom. The molecule has 0 unspecified atom stereocenters. The van der Waals surface area contributed by atoms with E-state index in [9.17, 15) is 19.1 Å². The summed E-state index contributed by atoms with van der Waals surface area (Å²) in [5, 5.41) is 20.2. The fourth-order valence-electron chi connectivity index (χ4n) is 2.83. The third kappa shape index (κ3) is 3.57. The molecule has 140 valence electrons. The van der Waals surface area contributed by atoms with Crippen molar-refractivity contribution in [3.63, 3.8) is 0 Å². The molecule has 2 N–H and O–H groups in total. The predicted octanol–water partition coefficient (Wildman–Crippen LogP) is 2.37. The molecule has 1 amide bonds. The first kappa shape index (κ1) is 18.3. The Balaban J connectivity index is 1.87. The lowest BCUT2D eigenvalue weighted by Crippen LogP contribution is -2.20. The molecule has 9 heteroatoms. The van der Waals surface area contributed by atoms with Gasteiger partial charge in [-0.15, -0.1) is 0 Å². The number of aromatic carboxylic acids is 1. The van der Waals surface area contributed by atoms with Crippen LogP contribution in [0.15, 0.2) is 30.5 Å². The molecule has 0 saturated heterocycles. The highest BCUT2D eigenvalue weighted by atomic mass is 19.1. The second kappa shape index (κ2) is 7.02. The number of nitrogens with zero attached hydrogens (tertiary/aromatic N) is 4. The molecule has 0 fully saturated rings. The highest BCUT2D eigenvalue weighted by molar-refractivity contribution is 6.09. The monoisotopic (exact) mass is 371 g/mol. The Bertz CT molecular complexity index is 1020. The van der Waals surface area contributed by atoms with Crippen LogP contribution in [0.25, 0.3) is 0 Å². The van der Waals surface area contributed by atoms with Crippen LogP contribution in [0.1, 0.15) is 37.8 Å². The van der Waals surface area contributed by atoms with Crippen molar-refractivity contribution in [2.75, 3.05) is 5.32 Å². The van der Waals surface area contributed by atoms with Gasteiger partial charge >= 0.3 is 5.97 Å². The topological polar surface area (TPSA) is 102 Å². The van der Waals surface area contributed by atoms with Crippen LogP contribution in [0, 0.1) is 19.7 Å². The molecule has 2 aromatic heterocycles. The molecule has 2 heterocycles. The Kier molecular flexibility index (Phi) is 4.76. The zero-order valence-electron chi connectivity index (χ0n) is 15.0. The summed E-state index contributed by atoms with van der Waals surface area (Å²) >= 11 is 0. The van der Waals surface area contributed by atoms with Crippen molar-refractivity contribution in [1.29, 1.82) is 0 Å². The van der Waals surface area contributed by atoms with Gasteiger partial charge in [0.25, 0.3) is 5.91 Å². The standard InChI is InChI=1S/C18H18FN5O3/c1-10-15(21-17(25)16-14(18(26)27)8-20-23(16)3)11(2)24(22-10)9-12-4-6-13(19)7-5-12/h4-8H,9H2,1-3H3,(H,21,25)(H,26,27). The molecule has 0 spiro atoms. The van der Waals surface area contributed by atoms with Crippen molar-refractivity contribution in [3.05, 3.63) is 64.5 Å². The molecule has 3 rings (SSSR count). The summed E-state index contributed by atoms with van der Waals surface area (Å²) < 4.78 is 16.0. The van der Waals surface area contributed by atoms with Crippen LogP contribution in [0.5, 0.6) is 0 Å². The minimum atomic E-state index is -1.23. The molecular formula is C18H18FN5O3. The van der Waals surface area contributed by atoms with Crippen molar-refractivity contribution >= 4 is 17.6 Å². The summed E-state index contributed by atoms with van der Waals surface area (Å²) in [6, 6.07) is 6.08. The summed E-state index contributed by atoms with van der Waals surface area (Å²) in [6.07, 6.45) is 1.13. The zero-order valence-corrected chi connectivity index (χ0v) is 15.0. The fourth-order valence-corrected chi connectivity index (χ4v) is 2.83. The first-order valence-electron chi connectivity index (χ1n) is 8.13. The van der Waals surface area contributed by atoms with E-state index in [0.29, 0.717) is 23.6 Å². The summed E-state index contributed by atoms with van der Waals surface area (Å²) in [5.41, 5.74) is 2.42. The molecule has 8 nitrogen and oxygen atoms in total. The molecule has 1 aromatic carbocycles. The van der Waals surface area contributed by atoms with Gasteiger partial charge in [-0.05, 0) is 31.5 Å². The largest absolute Gasteiger partial charge is 0.478 e. The second-order valence-corrected chi connectivity index (χ2v) is 6.12. The number of benzene rings is 1. The van der Waals surface area contributed by atoms with Crippen LogP contribution < -0.4 is 5.32 Å². The number of halogens is 1. The van der Waals surface area contributed by atoms with Crippen molar-refractivity contribution < 1.29 is 19.1 Å². The number of carboxylic acids is 1. The van der Waals surface area contributed by atoms with Gasteiger partial charge in [0.15, 0.2) is 0 Å². The summed E-state index contributed by atoms with van der Waals surface area (Å²) in [4.78, 5) is 23.9. The minimum absolute atomic E-state index is 0.0485. The number of nitrogens with one attached hydrogen (secondary N) is 1. The van der Waals surface area contributed by atoms with Gasteiger partial charge in [-0.3, -0.25) is 14.2 Å². The number of carbonyl (C=O) groups is 2. The van der Waals surface area contributed by atoms with E-state index in [0.717, 1.165) is 11.8 Å². The lowest BCUT2D eigenvalue weighted by molar-refractivity contribution is 0.0692. The van der Waals surface area contributed by atoms with Crippen LogP contribution >= 0.6 is 0 Å². The molecule has 0 saturated carbocycles. The third-order valence-corrected chi connectivity index (χ3v) is 4.25. The van der Waals surface area contributed by atoms with E-state index >= 15 is 0 Å². The number of rotatable bonds is 5. The first-order chi connectivity index (χ1) is 12.8. The van der Waals surface area contributed by atoms with E-state index in [1.165, 1.54) is 23.9 Å². The van der Waals surface area contributed by atoms with Gasteiger partial charge in [-0.1, -0.05) is 12.1 Å². The van der Waals surface area contributed by atoms with Gasteiger partial charge in [-0.25, -0.2) is 9.18 Å². The number of carboxylic acid groups (broad SMARTS) is 1. The quantitative estimate of drug-likeness (QED) is 0.717. The predicted molar refractivity (Wildman–Crippen MR) is 95.3 cm³/mol. The Hall–Kier alpha value is -3.49. The number of anilines is 1. The minimum Gasteiger partial charge on any atom is -0.478 e. The Morgan fingerprint density at radius 2 is 1.89 bits per heavy atom. The highest BCUT2D eigenvalue weighted by Gasteiger charge is 2.23. The molecule has 0 aliphatic rings. The first-order valence-corrected chi connectivity index (χ1v) is 8.13. The zero-order chi connectivity index (χ0) is 19.7. The Labute approximate surface area is 154 Å². The van der Waals surface area contributed by atoms with E-state index in [2.05, 4.69) is 15.5 Å². The van der Waals surface area contributed by atoms with Gasteiger partial charge < -0.3 is 10.4 Å². The average Bonchev–Trinajstić information content (AvgIpc) is 3.12. The molecule has 0 radical (unpaired) electrons. The second-order valence-electron chi connectivity index (χ2n) is 6.12. The molecular weight excluding hydrogens is 353 g/mol. The van der Waals surface area contributed by atoms with E-state index in [4.69, 9.17) is 0 Å². The van der Waals surface area contributed by atoms with E-state index in [1.54, 1.807) is 30.7 Å². The normalized spacial score (nSPS) is 10.8. The maximum Gasteiger partial charge on any atom is 0.339 e. The number of carbonyl (C=O) groups excluding carboxylic acids is 1. The summed E-state index contributed by atoms with van der Waals surface area (Å²) in [7, 11) is 1.50. The number of aromatic nitrogens is 4. The van der Waals surface area contributed by atoms with Crippen molar-refractivity contribution in [2.45, 2.75) is 20.4 Å². The van der Waals surface area contributed by atoms with E-state index < -0.39 is 11.9 Å². The van der Waals surface area contributed by atoms with Gasteiger partial charge in [0.05, 0.1) is 29.8 Å². The number of aryl methyl sites for hydroxylation is 2. The third-order valence-electron chi connectivity index (χ3n) is 4.25. The lowest BCUT2D eigenvalue weighted by Gasteiger charge is -2.08. The molecule has 0 bridgehead atoms. The number of hydrogen-bond acceptors (Lipinski definition) is 4. The van der Waals surface area contributed by atoms with Crippen LogP contribution in [0.3, 0.4) is 0 Å². The molecule has 0 atom stereocenters. The molecule has 0 aliphatic heterocycles. The van der Waals surface area contributed by atoms with E-state index in [-0.39, 0.29) is 17.1 Å². The smallest absolute Gasteiger partial charge is 0.339 e. The Morgan fingerprint density at radius 3 is 2.52 bits per heavy atom. The van der Waals surface area contributed by atoms with Crippen LogP contribution in [-0.4, -0.2) is 36.5 Å². The van der Waals surface area contributed by atoms with Gasteiger partial charge in [0, 0.05) is 7.05 Å².